The van der Waals surface area contributed by atoms with Crippen molar-refractivity contribution in [2.75, 3.05) is 6.61 Å². The summed E-state index contributed by atoms with van der Waals surface area (Å²) in [5, 5.41) is 18.9. The molecule has 0 aromatic rings. The van der Waals surface area contributed by atoms with Gasteiger partial charge in [0.05, 0.1) is 12.7 Å². The van der Waals surface area contributed by atoms with Gasteiger partial charge in [-0.2, -0.15) is 0 Å². The van der Waals surface area contributed by atoms with E-state index in [0.29, 0.717) is 24.9 Å². The number of rotatable bonds is 17. The molecule has 0 aliphatic heterocycles. The number of unbranched alkanes of at least 4 members (excludes halogenated alkanes) is 2. The number of aliphatic hydroxyl groups is 1. The molecule has 1 rings (SSSR count). The average molecular weight is 371 g/mol. The van der Waals surface area contributed by atoms with E-state index in [1.807, 2.05) is 0 Å². The molecule has 5 heteroatoms. The lowest BCUT2D eigenvalue weighted by molar-refractivity contribution is -0.137. The van der Waals surface area contributed by atoms with Gasteiger partial charge in [0.15, 0.2) is 0 Å². The van der Waals surface area contributed by atoms with Gasteiger partial charge in [-0.15, -0.1) is 0 Å². The predicted molar refractivity (Wildman–Crippen MR) is 102 cm³/mol. The summed E-state index contributed by atoms with van der Waals surface area (Å²) in [7, 11) is 0. The van der Waals surface area contributed by atoms with E-state index in [-0.39, 0.29) is 11.5 Å². The fourth-order valence-corrected chi connectivity index (χ4v) is 3.69. The van der Waals surface area contributed by atoms with Crippen molar-refractivity contribution >= 4 is 12.4 Å². The zero-order chi connectivity index (χ0) is 19.5. The number of aliphatic carboxylic acids is 1. The maximum Gasteiger partial charge on any atom is 0.303 e. The van der Waals surface area contributed by atoms with Crippen molar-refractivity contribution in [3.63, 3.8) is 0 Å². The van der Waals surface area contributed by atoms with E-state index >= 15 is 0 Å². The first kappa shape index (κ1) is 22.9. The average Bonchev–Trinajstić information content (AvgIpc) is 3.34. The van der Waals surface area contributed by atoms with Gasteiger partial charge in [-0.25, -0.2) is 0 Å². The standard InChI is InChI=1S/C21H38O5/c1-20(2,15-16-26-17-22)10-5-3-7-18(23)8-4-6-11-21(13-14-21)12-9-19(24)25/h17-18,23H,3-16H2,1-2H3,(H,24,25). The monoisotopic (exact) mass is 370 g/mol. The summed E-state index contributed by atoms with van der Waals surface area (Å²) in [5.41, 5.74) is 0.477. The highest BCUT2D eigenvalue weighted by Gasteiger charge is 2.41. The van der Waals surface area contributed by atoms with Crippen LogP contribution in [-0.4, -0.2) is 35.4 Å². The highest BCUT2D eigenvalue weighted by Crippen LogP contribution is 2.53. The van der Waals surface area contributed by atoms with Gasteiger partial charge in [-0.05, 0) is 62.2 Å². The number of carboxylic acid groups (broad SMARTS) is 1. The Balaban J connectivity index is 2.01. The lowest BCUT2D eigenvalue weighted by Crippen LogP contribution is -2.15. The molecule has 1 atom stereocenters. The maximum atomic E-state index is 10.7. The summed E-state index contributed by atoms with van der Waals surface area (Å²) in [6, 6.07) is 0. The topological polar surface area (TPSA) is 83.8 Å². The van der Waals surface area contributed by atoms with E-state index in [0.717, 1.165) is 64.2 Å². The number of hydrogen-bond donors (Lipinski definition) is 2. The van der Waals surface area contributed by atoms with Gasteiger partial charge in [-0.3, -0.25) is 9.59 Å². The molecule has 0 radical (unpaired) electrons. The van der Waals surface area contributed by atoms with E-state index in [9.17, 15) is 14.7 Å². The SMILES string of the molecule is CC(C)(CCCCC(O)CCCCC1(CCC(=O)O)CC1)CCOC=O. The van der Waals surface area contributed by atoms with Gasteiger partial charge in [0.25, 0.3) is 6.47 Å². The van der Waals surface area contributed by atoms with Gasteiger partial charge >= 0.3 is 5.97 Å². The van der Waals surface area contributed by atoms with Crippen LogP contribution in [0.25, 0.3) is 0 Å². The molecule has 1 saturated carbocycles. The Bertz CT molecular complexity index is 415. The Morgan fingerprint density at radius 2 is 1.77 bits per heavy atom. The van der Waals surface area contributed by atoms with Crippen molar-refractivity contribution in [1.82, 2.24) is 0 Å². The molecule has 1 aliphatic carbocycles. The van der Waals surface area contributed by atoms with Crippen molar-refractivity contribution in [2.24, 2.45) is 10.8 Å². The largest absolute Gasteiger partial charge is 0.481 e. The summed E-state index contributed by atoms with van der Waals surface area (Å²) < 4.78 is 4.77. The minimum atomic E-state index is -0.689. The molecule has 0 aromatic carbocycles. The minimum Gasteiger partial charge on any atom is -0.481 e. The van der Waals surface area contributed by atoms with E-state index < -0.39 is 5.97 Å². The van der Waals surface area contributed by atoms with E-state index in [1.54, 1.807) is 0 Å². The highest BCUT2D eigenvalue weighted by atomic mass is 16.5. The number of carbonyl (C=O) groups is 2. The summed E-state index contributed by atoms with van der Waals surface area (Å²) in [6.07, 6.45) is 12.3. The lowest BCUT2D eigenvalue weighted by Gasteiger charge is -2.24. The first-order valence-electron chi connectivity index (χ1n) is 10.2. The van der Waals surface area contributed by atoms with Gasteiger partial charge in [0.1, 0.15) is 0 Å². The third-order valence-electron chi connectivity index (χ3n) is 5.93. The molecule has 0 aromatic heterocycles. The second-order valence-corrected chi connectivity index (χ2v) is 8.92. The van der Waals surface area contributed by atoms with Crippen LogP contribution in [-0.2, 0) is 14.3 Å². The second kappa shape index (κ2) is 11.6. The maximum absolute atomic E-state index is 10.7. The smallest absolute Gasteiger partial charge is 0.303 e. The van der Waals surface area contributed by atoms with Crippen LogP contribution < -0.4 is 0 Å². The van der Waals surface area contributed by atoms with Crippen LogP contribution in [0.3, 0.4) is 0 Å². The summed E-state index contributed by atoms with van der Waals surface area (Å²) in [5.74, 6) is -0.689. The molecule has 1 fully saturated rings. The van der Waals surface area contributed by atoms with Crippen LogP contribution in [0.15, 0.2) is 0 Å². The van der Waals surface area contributed by atoms with Crippen molar-refractivity contribution in [3.05, 3.63) is 0 Å². The fraction of sp³-hybridized carbons (Fsp3) is 0.905. The van der Waals surface area contributed by atoms with Gasteiger partial charge < -0.3 is 14.9 Å². The van der Waals surface area contributed by atoms with Gasteiger partial charge in [0, 0.05) is 6.42 Å². The molecular weight excluding hydrogens is 332 g/mol. The normalized spacial score (nSPS) is 16.9. The van der Waals surface area contributed by atoms with E-state index in [2.05, 4.69) is 13.8 Å². The van der Waals surface area contributed by atoms with Crippen molar-refractivity contribution in [2.45, 2.75) is 103 Å². The van der Waals surface area contributed by atoms with Crippen LogP contribution in [0.2, 0.25) is 0 Å². The minimum absolute atomic E-state index is 0.169. The Labute approximate surface area is 158 Å². The summed E-state index contributed by atoms with van der Waals surface area (Å²) in [4.78, 5) is 20.9. The predicted octanol–water partition coefficient (Wildman–Crippen LogP) is 4.70. The van der Waals surface area contributed by atoms with Gasteiger partial charge in [-0.1, -0.05) is 39.5 Å². The third-order valence-corrected chi connectivity index (χ3v) is 5.93. The highest BCUT2D eigenvalue weighted by molar-refractivity contribution is 5.66. The zero-order valence-electron chi connectivity index (χ0n) is 16.7. The number of aliphatic hydroxyl groups excluding tert-OH is 1. The molecule has 26 heavy (non-hydrogen) atoms. The molecule has 5 nitrogen and oxygen atoms in total. The molecule has 0 spiro atoms. The van der Waals surface area contributed by atoms with Crippen LogP contribution in [0.1, 0.15) is 97.3 Å². The lowest BCUT2D eigenvalue weighted by atomic mass is 9.84. The van der Waals surface area contributed by atoms with Crippen LogP contribution in [0, 0.1) is 10.8 Å². The van der Waals surface area contributed by atoms with E-state index in [4.69, 9.17) is 9.84 Å². The molecule has 2 N–H and O–H groups in total. The first-order valence-corrected chi connectivity index (χ1v) is 10.2. The molecule has 1 aliphatic rings. The van der Waals surface area contributed by atoms with Crippen LogP contribution in [0.5, 0.6) is 0 Å². The Morgan fingerprint density at radius 1 is 1.12 bits per heavy atom. The number of hydrogen-bond acceptors (Lipinski definition) is 4. The Morgan fingerprint density at radius 3 is 2.35 bits per heavy atom. The van der Waals surface area contributed by atoms with Crippen molar-refractivity contribution in [1.29, 1.82) is 0 Å². The van der Waals surface area contributed by atoms with E-state index in [1.165, 1.54) is 12.8 Å². The summed E-state index contributed by atoms with van der Waals surface area (Å²) in [6.45, 7) is 5.36. The second-order valence-electron chi connectivity index (χ2n) is 8.92. The van der Waals surface area contributed by atoms with Crippen LogP contribution in [0.4, 0.5) is 0 Å². The third kappa shape index (κ3) is 10.8. The quantitative estimate of drug-likeness (QED) is 0.286. The molecular formula is C21H38O5. The van der Waals surface area contributed by atoms with Gasteiger partial charge in [0.2, 0.25) is 0 Å². The van der Waals surface area contributed by atoms with Crippen molar-refractivity contribution in [3.8, 4) is 0 Å². The Kier molecular flexibility index (Phi) is 10.2. The van der Waals surface area contributed by atoms with Crippen LogP contribution >= 0.6 is 0 Å². The molecule has 152 valence electrons. The molecule has 0 heterocycles. The molecule has 1 unspecified atom stereocenters. The zero-order valence-corrected chi connectivity index (χ0v) is 16.7. The fourth-order valence-electron chi connectivity index (χ4n) is 3.69. The molecule has 0 saturated heterocycles. The summed E-state index contributed by atoms with van der Waals surface area (Å²) >= 11 is 0. The number of carboxylic acids is 1. The molecule has 0 bridgehead atoms. The number of carbonyl (C=O) groups excluding carboxylic acids is 1. The number of ether oxygens (including phenoxy) is 1. The molecule has 0 amide bonds. The first-order chi connectivity index (χ1) is 12.3. The van der Waals surface area contributed by atoms with Crippen molar-refractivity contribution < 1.29 is 24.5 Å². The Hall–Kier alpha value is -1.10.